The average Bonchev–Trinajstić information content (AvgIpc) is 2.64. The summed E-state index contributed by atoms with van der Waals surface area (Å²) in [5.41, 5.74) is 2.05. The van der Waals surface area contributed by atoms with Crippen molar-refractivity contribution in [2.24, 2.45) is 0 Å². The van der Waals surface area contributed by atoms with Gasteiger partial charge in [-0.3, -0.25) is 4.90 Å². The van der Waals surface area contributed by atoms with Crippen molar-refractivity contribution in [3.8, 4) is 0 Å². The fourth-order valence-electron chi connectivity index (χ4n) is 3.47. The molecule has 8 heteroatoms. The highest BCUT2D eigenvalue weighted by Gasteiger charge is 2.29. The monoisotopic (exact) mass is 446 g/mol. The second-order valence-corrected chi connectivity index (χ2v) is 8.82. The quantitative estimate of drug-likeness (QED) is 0.401. The first kappa shape index (κ1) is 22.2. The fraction of sp³-hybridized carbons (Fsp3) is 0.429. The maximum Gasteiger partial charge on any atom is 0.398 e. The minimum absolute atomic E-state index is 0.173. The van der Waals surface area contributed by atoms with E-state index in [1.54, 1.807) is 13.0 Å². The first-order valence-corrected chi connectivity index (χ1v) is 10.7. The SMILES string of the molecule is Cc1cc(F)c(N2CCN(Cc3ccc(Cl)cc3)C(C)C2)cc1SCC(F)(F)F. The van der Waals surface area contributed by atoms with Crippen LogP contribution >= 0.6 is 23.4 Å². The molecule has 1 heterocycles. The number of rotatable bonds is 5. The summed E-state index contributed by atoms with van der Waals surface area (Å²) in [5, 5.41) is 0.695. The number of thioether (sulfide) groups is 1. The van der Waals surface area contributed by atoms with Crippen LogP contribution in [0.1, 0.15) is 18.1 Å². The molecule has 1 aliphatic rings. The topological polar surface area (TPSA) is 6.48 Å². The molecule has 0 spiro atoms. The van der Waals surface area contributed by atoms with Crippen LogP contribution in [-0.4, -0.2) is 42.5 Å². The third kappa shape index (κ3) is 6.03. The lowest BCUT2D eigenvalue weighted by molar-refractivity contribution is -0.105. The van der Waals surface area contributed by atoms with Crippen LogP contribution in [0, 0.1) is 12.7 Å². The van der Waals surface area contributed by atoms with Gasteiger partial charge in [-0.2, -0.15) is 13.2 Å². The van der Waals surface area contributed by atoms with Gasteiger partial charge in [-0.1, -0.05) is 23.7 Å². The predicted octanol–water partition coefficient (Wildman–Crippen LogP) is 6.15. The largest absolute Gasteiger partial charge is 0.398 e. The minimum Gasteiger partial charge on any atom is -0.366 e. The lowest BCUT2D eigenvalue weighted by Gasteiger charge is -2.41. The summed E-state index contributed by atoms with van der Waals surface area (Å²) in [6, 6.07) is 10.8. The van der Waals surface area contributed by atoms with Crippen LogP contribution in [0.5, 0.6) is 0 Å². The van der Waals surface area contributed by atoms with Gasteiger partial charge in [-0.15, -0.1) is 11.8 Å². The van der Waals surface area contributed by atoms with Gasteiger partial charge < -0.3 is 4.90 Å². The van der Waals surface area contributed by atoms with E-state index < -0.39 is 17.7 Å². The molecular formula is C21H23ClF4N2S. The number of halogens is 5. The Kier molecular flexibility index (Phi) is 7.02. The maximum atomic E-state index is 14.6. The number of aryl methyl sites for hydroxylation is 1. The van der Waals surface area contributed by atoms with E-state index in [2.05, 4.69) is 11.8 Å². The molecule has 3 rings (SSSR count). The molecule has 1 fully saturated rings. The van der Waals surface area contributed by atoms with Crippen molar-refractivity contribution in [3.05, 3.63) is 58.4 Å². The van der Waals surface area contributed by atoms with E-state index in [1.807, 2.05) is 29.2 Å². The van der Waals surface area contributed by atoms with Gasteiger partial charge in [0.2, 0.25) is 0 Å². The van der Waals surface area contributed by atoms with Gasteiger partial charge in [0.1, 0.15) is 5.82 Å². The van der Waals surface area contributed by atoms with Gasteiger partial charge >= 0.3 is 6.18 Å². The molecule has 29 heavy (non-hydrogen) atoms. The second-order valence-electron chi connectivity index (χ2n) is 7.36. The zero-order valence-corrected chi connectivity index (χ0v) is 17.8. The van der Waals surface area contributed by atoms with Crippen LogP contribution in [-0.2, 0) is 6.54 Å². The Bertz CT molecular complexity index is 842. The molecule has 0 bridgehead atoms. The maximum absolute atomic E-state index is 14.6. The van der Waals surface area contributed by atoms with Crippen LogP contribution < -0.4 is 4.90 Å². The summed E-state index contributed by atoms with van der Waals surface area (Å²) < 4.78 is 52.4. The molecule has 2 aromatic carbocycles. The van der Waals surface area contributed by atoms with Gasteiger partial charge in [0.15, 0.2) is 0 Å². The lowest BCUT2D eigenvalue weighted by atomic mass is 10.1. The number of hydrogen-bond donors (Lipinski definition) is 0. The molecule has 1 aliphatic heterocycles. The summed E-state index contributed by atoms with van der Waals surface area (Å²) >= 11 is 6.64. The lowest BCUT2D eigenvalue weighted by Crippen LogP contribution is -2.51. The molecular weight excluding hydrogens is 424 g/mol. The Morgan fingerprint density at radius 1 is 1.14 bits per heavy atom. The standard InChI is InChI=1S/C21H23ClF4N2S/c1-14-9-18(23)19(10-20(14)29-13-21(24,25)26)28-8-7-27(15(2)11-28)12-16-3-5-17(22)6-4-16/h3-6,9-10,15H,7-8,11-13H2,1-2H3. The van der Waals surface area contributed by atoms with Crippen LogP contribution in [0.2, 0.25) is 5.02 Å². The molecule has 158 valence electrons. The van der Waals surface area contributed by atoms with Gasteiger partial charge in [0.05, 0.1) is 11.4 Å². The molecule has 1 saturated heterocycles. The number of nitrogens with zero attached hydrogens (tertiary/aromatic N) is 2. The number of hydrogen-bond acceptors (Lipinski definition) is 3. The third-order valence-electron chi connectivity index (χ3n) is 5.04. The van der Waals surface area contributed by atoms with Crippen molar-refractivity contribution in [2.45, 2.75) is 37.5 Å². The van der Waals surface area contributed by atoms with Crippen LogP contribution in [0.25, 0.3) is 0 Å². The van der Waals surface area contributed by atoms with E-state index >= 15 is 0 Å². The molecule has 1 atom stereocenters. The molecule has 2 nitrogen and oxygen atoms in total. The summed E-state index contributed by atoms with van der Waals surface area (Å²) in [6.45, 7) is 6.45. The predicted molar refractivity (Wildman–Crippen MR) is 111 cm³/mol. The number of piperazine rings is 1. The third-order valence-corrected chi connectivity index (χ3v) is 6.51. The Balaban J connectivity index is 1.69. The second kappa shape index (κ2) is 9.14. The Morgan fingerprint density at radius 2 is 1.83 bits per heavy atom. The first-order chi connectivity index (χ1) is 13.6. The minimum atomic E-state index is -4.26. The molecule has 2 aromatic rings. The first-order valence-electron chi connectivity index (χ1n) is 9.35. The highest BCUT2D eigenvalue weighted by Crippen LogP contribution is 2.34. The normalized spacial score (nSPS) is 18.3. The van der Waals surface area contributed by atoms with E-state index in [0.29, 0.717) is 46.0 Å². The van der Waals surface area contributed by atoms with E-state index in [9.17, 15) is 17.6 Å². The van der Waals surface area contributed by atoms with Crippen molar-refractivity contribution in [3.63, 3.8) is 0 Å². The van der Waals surface area contributed by atoms with E-state index in [-0.39, 0.29) is 6.04 Å². The van der Waals surface area contributed by atoms with Crippen LogP contribution in [0.4, 0.5) is 23.2 Å². The van der Waals surface area contributed by atoms with Crippen molar-refractivity contribution in [2.75, 3.05) is 30.3 Å². The molecule has 1 unspecified atom stereocenters. The summed E-state index contributed by atoms with van der Waals surface area (Å²) in [5.74, 6) is -1.37. The number of benzene rings is 2. The Labute approximate surface area is 177 Å². The summed E-state index contributed by atoms with van der Waals surface area (Å²) in [6.07, 6.45) is -4.26. The molecule has 0 N–H and O–H groups in total. The molecule has 0 radical (unpaired) electrons. The number of alkyl halides is 3. The zero-order valence-electron chi connectivity index (χ0n) is 16.3. The van der Waals surface area contributed by atoms with Gasteiger partial charge in [-0.25, -0.2) is 4.39 Å². The molecule has 0 saturated carbocycles. The smallest absolute Gasteiger partial charge is 0.366 e. The van der Waals surface area contributed by atoms with Gasteiger partial charge in [0, 0.05) is 42.1 Å². The van der Waals surface area contributed by atoms with E-state index in [0.717, 1.165) is 18.7 Å². The fourth-order valence-corrected chi connectivity index (χ4v) is 4.40. The van der Waals surface area contributed by atoms with Crippen LogP contribution in [0.15, 0.2) is 41.3 Å². The van der Waals surface area contributed by atoms with E-state index in [4.69, 9.17) is 11.6 Å². The van der Waals surface area contributed by atoms with Crippen molar-refractivity contribution in [1.82, 2.24) is 4.90 Å². The number of anilines is 1. The van der Waals surface area contributed by atoms with Crippen molar-refractivity contribution >= 4 is 29.1 Å². The summed E-state index contributed by atoms with van der Waals surface area (Å²) in [4.78, 5) is 4.70. The molecule has 0 amide bonds. The van der Waals surface area contributed by atoms with Gasteiger partial charge in [0.25, 0.3) is 0 Å². The Morgan fingerprint density at radius 3 is 2.45 bits per heavy atom. The highest BCUT2D eigenvalue weighted by atomic mass is 35.5. The average molecular weight is 447 g/mol. The Hall–Kier alpha value is -1.44. The highest BCUT2D eigenvalue weighted by molar-refractivity contribution is 7.99. The van der Waals surface area contributed by atoms with E-state index in [1.165, 1.54) is 6.07 Å². The molecule has 0 aliphatic carbocycles. The van der Waals surface area contributed by atoms with Crippen LogP contribution in [0.3, 0.4) is 0 Å². The van der Waals surface area contributed by atoms with Crippen molar-refractivity contribution in [1.29, 1.82) is 0 Å². The molecule has 0 aromatic heterocycles. The van der Waals surface area contributed by atoms with Gasteiger partial charge in [-0.05, 0) is 49.2 Å². The zero-order chi connectivity index (χ0) is 21.2. The summed E-state index contributed by atoms with van der Waals surface area (Å²) in [7, 11) is 0. The van der Waals surface area contributed by atoms with Crippen molar-refractivity contribution < 1.29 is 17.6 Å².